The first-order valence-electron chi connectivity index (χ1n) is 9.43. The third-order valence-corrected chi connectivity index (χ3v) is 4.95. The van der Waals surface area contributed by atoms with E-state index in [-0.39, 0.29) is 23.2 Å². The molecule has 0 unspecified atom stereocenters. The molecule has 3 aromatic rings. The van der Waals surface area contributed by atoms with Crippen LogP contribution < -0.4 is 15.0 Å². The highest BCUT2D eigenvalue weighted by atomic mass is 16.5. The number of para-hydroxylation sites is 1. The lowest BCUT2D eigenvalue weighted by Gasteiger charge is -2.17. The van der Waals surface area contributed by atoms with Crippen LogP contribution in [-0.4, -0.2) is 30.5 Å². The molecule has 1 aliphatic rings. The predicted molar refractivity (Wildman–Crippen MR) is 110 cm³/mol. The largest absolute Gasteiger partial charge is 0.497 e. The minimum atomic E-state index is -0.322. The summed E-state index contributed by atoms with van der Waals surface area (Å²) in [4.78, 5) is 31.5. The Balaban J connectivity index is 1.45. The first-order valence-corrected chi connectivity index (χ1v) is 9.43. The van der Waals surface area contributed by atoms with Crippen LogP contribution >= 0.6 is 0 Å². The highest BCUT2D eigenvalue weighted by molar-refractivity contribution is 6.06. The standard InChI is InChI=1S/C23H21N3O3/c1-29-18-11-9-16(10-12-18)15-24-22(27)19-6-4-7-20(25-19)23(28)26-14-13-17-5-2-3-8-21(17)26/h2-12H,13-15H2,1H3,(H,24,27). The van der Waals surface area contributed by atoms with Gasteiger partial charge in [-0.3, -0.25) is 9.59 Å². The van der Waals surface area contributed by atoms with E-state index in [4.69, 9.17) is 4.74 Å². The molecule has 6 nitrogen and oxygen atoms in total. The van der Waals surface area contributed by atoms with Gasteiger partial charge in [-0.05, 0) is 47.9 Å². The molecule has 0 fully saturated rings. The van der Waals surface area contributed by atoms with E-state index in [1.54, 1.807) is 30.2 Å². The van der Waals surface area contributed by atoms with Crippen molar-refractivity contribution in [2.45, 2.75) is 13.0 Å². The lowest BCUT2D eigenvalue weighted by molar-refractivity contribution is 0.0945. The van der Waals surface area contributed by atoms with E-state index in [1.807, 2.05) is 48.5 Å². The van der Waals surface area contributed by atoms with E-state index in [2.05, 4.69) is 10.3 Å². The monoisotopic (exact) mass is 387 g/mol. The number of carbonyl (C=O) groups excluding carboxylic acids is 2. The van der Waals surface area contributed by atoms with Crippen molar-refractivity contribution in [3.05, 3.63) is 89.2 Å². The van der Waals surface area contributed by atoms with Crippen LogP contribution in [0.3, 0.4) is 0 Å². The van der Waals surface area contributed by atoms with Gasteiger partial charge in [0.05, 0.1) is 7.11 Å². The van der Waals surface area contributed by atoms with Gasteiger partial charge in [0.15, 0.2) is 0 Å². The van der Waals surface area contributed by atoms with Gasteiger partial charge in [-0.15, -0.1) is 0 Å². The number of nitrogens with one attached hydrogen (secondary N) is 1. The molecule has 0 bridgehead atoms. The second kappa shape index (κ2) is 8.14. The molecule has 0 saturated carbocycles. The van der Waals surface area contributed by atoms with Gasteiger partial charge in [-0.25, -0.2) is 4.98 Å². The van der Waals surface area contributed by atoms with Crippen molar-refractivity contribution in [1.82, 2.24) is 10.3 Å². The van der Waals surface area contributed by atoms with E-state index in [9.17, 15) is 9.59 Å². The van der Waals surface area contributed by atoms with Crippen LogP contribution in [0.2, 0.25) is 0 Å². The van der Waals surface area contributed by atoms with Crippen molar-refractivity contribution in [3.8, 4) is 5.75 Å². The number of amides is 2. The first-order chi connectivity index (χ1) is 14.2. The maximum atomic E-state index is 12.9. The van der Waals surface area contributed by atoms with Gasteiger partial charge in [0.25, 0.3) is 11.8 Å². The van der Waals surface area contributed by atoms with Crippen LogP contribution in [0.25, 0.3) is 0 Å². The number of nitrogens with zero attached hydrogens (tertiary/aromatic N) is 2. The van der Waals surface area contributed by atoms with Gasteiger partial charge in [-0.2, -0.15) is 0 Å². The van der Waals surface area contributed by atoms with Crippen LogP contribution in [0.1, 0.15) is 32.1 Å². The van der Waals surface area contributed by atoms with Gasteiger partial charge >= 0.3 is 0 Å². The zero-order valence-electron chi connectivity index (χ0n) is 16.1. The van der Waals surface area contributed by atoms with E-state index < -0.39 is 0 Å². The van der Waals surface area contributed by atoms with Crippen molar-refractivity contribution in [3.63, 3.8) is 0 Å². The van der Waals surface area contributed by atoms with Gasteiger partial charge < -0.3 is 15.0 Å². The molecule has 0 saturated heterocycles. The zero-order chi connectivity index (χ0) is 20.2. The second-order valence-corrected chi connectivity index (χ2v) is 6.77. The Bertz CT molecular complexity index is 1050. The quantitative estimate of drug-likeness (QED) is 0.730. The summed E-state index contributed by atoms with van der Waals surface area (Å²) in [5.41, 5.74) is 3.48. The SMILES string of the molecule is COc1ccc(CNC(=O)c2cccc(C(=O)N3CCc4ccccc43)n2)cc1. The van der Waals surface area contributed by atoms with Crippen molar-refractivity contribution < 1.29 is 14.3 Å². The number of carbonyl (C=O) groups is 2. The Morgan fingerprint density at radius 2 is 1.76 bits per heavy atom. The topological polar surface area (TPSA) is 71.5 Å². The molecule has 1 N–H and O–H groups in total. The Morgan fingerprint density at radius 1 is 1.00 bits per heavy atom. The van der Waals surface area contributed by atoms with Crippen molar-refractivity contribution >= 4 is 17.5 Å². The molecule has 0 aliphatic carbocycles. The molecule has 0 spiro atoms. The lowest BCUT2D eigenvalue weighted by Crippen LogP contribution is -2.30. The van der Waals surface area contributed by atoms with Gasteiger partial charge in [0.2, 0.25) is 0 Å². The maximum Gasteiger partial charge on any atom is 0.276 e. The lowest BCUT2D eigenvalue weighted by atomic mass is 10.2. The summed E-state index contributed by atoms with van der Waals surface area (Å²) in [6.07, 6.45) is 0.823. The smallest absolute Gasteiger partial charge is 0.276 e. The van der Waals surface area contributed by atoms with Crippen LogP contribution in [0.4, 0.5) is 5.69 Å². The van der Waals surface area contributed by atoms with Crippen LogP contribution in [-0.2, 0) is 13.0 Å². The number of aromatic nitrogens is 1. The molecule has 29 heavy (non-hydrogen) atoms. The highest BCUT2D eigenvalue weighted by Gasteiger charge is 2.26. The molecule has 2 amide bonds. The van der Waals surface area contributed by atoms with Gasteiger partial charge in [0.1, 0.15) is 17.1 Å². The number of benzene rings is 2. The number of hydrogen-bond acceptors (Lipinski definition) is 4. The number of rotatable bonds is 5. The number of fused-ring (bicyclic) bond motifs is 1. The van der Waals surface area contributed by atoms with Crippen molar-refractivity contribution in [2.24, 2.45) is 0 Å². The van der Waals surface area contributed by atoms with E-state index in [1.165, 1.54) is 0 Å². The van der Waals surface area contributed by atoms with E-state index in [0.29, 0.717) is 13.1 Å². The summed E-state index contributed by atoms with van der Waals surface area (Å²) < 4.78 is 5.13. The molecule has 2 heterocycles. The molecule has 0 atom stereocenters. The fourth-order valence-electron chi connectivity index (χ4n) is 3.38. The molecule has 1 aromatic heterocycles. The summed E-state index contributed by atoms with van der Waals surface area (Å²) in [5.74, 6) is 0.244. The second-order valence-electron chi connectivity index (χ2n) is 6.77. The Labute approximate surface area is 169 Å². The van der Waals surface area contributed by atoms with Crippen molar-refractivity contribution in [1.29, 1.82) is 0 Å². The number of anilines is 1. The van der Waals surface area contributed by atoms with Gasteiger partial charge in [0, 0.05) is 18.8 Å². The molecular weight excluding hydrogens is 366 g/mol. The number of ether oxygens (including phenoxy) is 1. The minimum absolute atomic E-state index is 0.195. The molecular formula is C23H21N3O3. The van der Waals surface area contributed by atoms with E-state index in [0.717, 1.165) is 29.0 Å². The molecule has 4 rings (SSSR count). The zero-order valence-corrected chi connectivity index (χ0v) is 16.1. The minimum Gasteiger partial charge on any atom is -0.497 e. The normalized spacial score (nSPS) is 12.4. The third kappa shape index (κ3) is 3.96. The summed E-state index contributed by atoms with van der Waals surface area (Å²) in [5, 5.41) is 2.84. The molecule has 146 valence electrons. The average molecular weight is 387 g/mol. The fraction of sp³-hybridized carbons (Fsp3) is 0.174. The van der Waals surface area contributed by atoms with E-state index >= 15 is 0 Å². The highest BCUT2D eigenvalue weighted by Crippen LogP contribution is 2.28. The van der Waals surface area contributed by atoms with Crippen LogP contribution in [0.5, 0.6) is 5.75 Å². The maximum absolute atomic E-state index is 12.9. The number of hydrogen-bond donors (Lipinski definition) is 1. The Morgan fingerprint density at radius 3 is 2.55 bits per heavy atom. The van der Waals surface area contributed by atoms with Gasteiger partial charge in [-0.1, -0.05) is 36.4 Å². The van der Waals surface area contributed by atoms with Crippen molar-refractivity contribution in [2.75, 3.05) is 18.6 Å². The number of methoxy groups -OCH3 is 1. The Kier molecular flexibility index (Phi) is 5.24. The van der Waals surface area contributed by atoms with Crippen LogP contribution in [0.15, 0.2) is 66.7 Å². The average Bonchev–Trinajstić information content (AvgIpc) is 3.21. The first kappa shape index (κ1) is 18.7. The third-order valence-electron chi connectivity index (χ3n) is 4.95. The molecule has 2 aromatic carbocycles. The Hall–Kier alpha value is -3.67. The molecule has 6 heteroatoms. The molecule has 1 aliphatic heterocycles. The van der Waals surface area contributed by atoms with Crippen LogP contribution in [0, 0.1) is 0 Å². The summed E-state index contributed by atoms with van der Waals surface area (Å²) >= 11 is 0. The summed E-state index contributed by atoms with van der Waals surface area (Å²) in [6, 6.07) is 20.2. The number of pyridine rings is 1. The summed E-state index contributed by atoms with van der Waals surface area (Å²) in [7, 11) is 1.61. The fourth-order valence-corrected chi connectivity index (χ4v) is 3.38. The molecule has 0 radical (unpaired) electrons. The summed E-state index contributed by atoms with van der Waals surface area (Å²) in [6.45, 7) is 0.982. The predicted octanol–water partition coefficient (Wildman–Crippen LogP) is 3.22.